The van der Waals surface area contributed by atoms with E-state index in [-0.39, 0.29) is 17.9 Å². The van der Waals surface area contributed by atoms with Crippen molar-refractivity contribution in [3.05, 3.63) is 94.8 Å². The molecular formula is C26H29ClN2O. The highest BCUT2D eigenvalue weighted by Crippen LogP contribution is 2.48. The van der Waals surface area contributed by atoms with E-state index in [9.17, 15) is 4.79 Å². The number of amides is 1. The number of hydrogen-bond acceptors (Lipinski definition) is 1. The molecule has 0 saturated heterocycles. The maximum absolute atomic E-state index is 13.4. The topological polar surface area (TPSA) is 25.2 Å². The van der Waals surface area contributed by atoms with Gasteiger partial charge < -0.3 is 9.47 Å². The van der Waals surface area contributed by atoms with Crippen LogP contribution in [0.15, 0.2) is 72.9 Å². The van der Waals surface area contributed by atoms with E-state index in [1.807, 2.05) is 24.3 Å². The molecule has 3 nitrogen and oxygen atoms in total. The molecule has 1 aliphatic rings. The Kier molecular flexibility index (Phi) is 6.29. The normalized spacial score (nSPS) is 18.8. The van der Waals surface area contributed by atoms with Gasteiger partial charge in [0.15, 0.2) is 0 Å². The monoisotopic (exact) mass is 420 g/mol. The fraction of sp³-hybridized carbons (Fsp3) is 0.346. The van der Waals surface area contributed by atoms with Crippen molar-refractivity contribution in [2.75, 3.05) is 0 Å². The summed E-state index contributed by atoms with van der Waals surface area (Å²) >= 11 is 6.15. The van der Waals surface area contributed by atoms with Gasteiger partial charge >= 0.3 is 0 Å². The van der Waals surface area contributed by atoms with E-state index in [2.05, 4.69) is 72.0 Å². The minimum atomic E-state index is 0.109. The van der Waals surface area contributed by atoms with Gasteiger partial charge in [0.1, 0.15) is 0 Å². The predicted molar refractivity (Wildman–Crippen MR) is 123 cm³/mol. The molecule has 0 N–H and O–H groups in total. The van der Waals surface area contributed by atoms with Crippen molar-refractivity contribution >= 4 is 17.5 Å². The smallest absolute Gasteiger partial charge is 0.226 e. The van der Waals surface area contributed by atoms with Crippen LogP contribution in [0, 0.1) is 5.92 Å². The number of benzene rings is 2. The van der Waals surface area contributed by atoms with Crippen LogP contribution in [0.4, 0.5) is 0 Å². The van der Waals surface area contributed by atoms with Crippen molar-refractivity contribution < 1.29 is 4.79 Å². The molecule has 0 aliphatic heterocycles. The second-order valence-corrected chi connectivity index (χ2v) is 8.78. The Morgan fingerprint density at radius 3 is 2.67 bits per heavy atom. The van der Waals surface area contributed by atoms with Gasteiger partial charge in [0.05, 0.1) is 6.54 Å². The van der Waals surface area contributed by atoms with Gasteiger partial charge in [-0.2, -0.15) is 0 Å². The second-order valence-electron chi connectivity index (χ2n) is 8.34. The summed E-state index contributed by atoms with van der Waals surface area (Å²) in [5, 5.41) is 0.748. The zero-order valence-corrected chi connectivity index (χ0v) is 18.4. The Morgan fingerprint density at radius 2 is 1.93 bits per heavy atom. The van der Waals surface area contributed by atoms with Gasteiger partial charge in [-0.3, -0.25) is 4.79 Å². The summed E-state index contributed by atoms with van der Waals surface area (Å²) in [6.45, 7) is 5.69. The number of carbonyl (C=O) groups is 1. The van der Waals surface area contributed by atoms with Crippen LogP contribution in [0.1, 0.15) is 49.4 Å². The summed E-state index contributed by atoms with van der Waals surface area (Å²) in [6, 6.07) is 22.8. The lowest BCUT2D eigenvalue weighted by Crippen LogP contribution is -2.39. The summed E-state index contributed by atoms with van der Waals surface area (Å²) in [5.41, 5.74) is 3.59. The molecule has 1 saturated carbocycles. The Hall–Kier alpha value is -2.52. The summed E-state index contributed by atoms with van der Waals surface area (Å²) in [4.78, 5) is 15.5. The van der Waals surface area contributed by atoms with Crippen LogP contribution in [0.5, 0.6) is 0 Å². The summed E-state index contributed by atoms with van der Waals surface area (Å²) in [7, 11) is 0. The van der Waals surface area contributed by atoms with Crippen molar-refractivity contribution in [3.63, 3.8) is 0 Å². The molecule has 0 unspecified atom stereocenters. The molecular weight excluding hydrogens is 392 g/mol. The molecule has 0 bridgehead atoms. The molecule has 4 rings (SSSR count). The van der Waals surface area contributed by atoms with Gasteiger partial charge in [0.2, 0.25) is 5.91 Å². The number of carbonyl (C=O) groups excluding carboxylic acids is 1. The lowest BCUT2D eigenvalue weighted by molar-refractivity contribution is -0.135. The lowest BCUT2D eigenvalue weighted by atomic mass is 10.1. The van der Waals surface area contributed by atoms with Crippen LogP contribution < -0.4 is 0 Å². The van der Waals surface area contributed by atoms with Crippen LogP contribution in [-0.4, -0.2) is 21.4 Å². The number of nitrogens with zero attached hydrogens (tertiary/aromatic N) is 2. The zero-order chi connectivity index (χ0) is 21.1. The molecule has 3 atom stereocenters. The maximum Gasteiger partial charge on any atom is 0.226 e. The van der Waals surface area contributed by atoms with E-state index in [4.69, 9.17) is 11.6 Å². The largest absolute Gasteiger partial charge is 0.345 e. The van der Waals surface area contributed by atoms with Crippen molar-refractivity contribution in [1.82, 2.24) is 9.47 Å². The SMILES string of the molecule is CC[C@H](C)N(Cc1cccn1Cc1cccc(Cl)c1)C(=O)[C@@H]1C[C@H]1c1ccccc1. The van der Waals surface area contributed by atoms with Gasteiger partial charge in [0, 0.05) is 35.4 Å². The lowest BCUT2D eigenvalue weighted by Gasteiger charge is -2.29. The van der Waals surface area contributed by atoms with Gasteiger partial charge in [-0.25, -0.2) is 0 Å². The number of aromatic nitrogens is 1. The highest BCUT2D eigenvalue weighted by molar-refractivity contribution is 6.30. The first kappa shape index (κ1) is 20.7. The Labute approximate surface area is 184 Å². The number of hydrogen-bond donors (Lipinski definition) is 0. The van der Waals surface area contributed by atoms with E-state index < -0.39 is 0 Å². The van der Waals surface area contributed by atoms with Gasteiger partial charge in [-0.05, 0) is 61.1 Å². The molecule has 2 aromatic carbocycles. The van der Waals surface area contributed by atoms with E-state index in [0.717, 1.165) is 35.7 Å². The maximum atomic E-state index is 13.4. The van der Waals surface area contributed by atoms with Crippen LogP contribution in [-0.2, 0) is 17.9 Å². The second kappa shape index (κ2) is 9.09. The van der Waals surface area contributed by atoms with Crippen LogP contribution in [0.2, 0.25) is 5.02 Å². The van der Waals surface area contributed by atoms with E-state index in [0.29, 0.717) is 12.5 Å². The quantitative estimate of drug-likeness (QED) is 0.431. The molecule has 1 fully saturated rings. The highest BCUT2D eigenvalue weighted by atomic mass is 35.5. The first-order valence-corrected chi connectivity index (χ1v) is 11.2. The van der Waals surface area contributed by atoms with Crippen molar-refractivity contribution in [2.24, 2.45) is 5.92 Å². The number of halogens is 1. The third-order valence-electron chi connectivity index (χ3n) is 6.24. The molecule has 30 heavy (non-hydrogen) atoms. The summed E-state index contributed by atoms with van der Waals surface area (Å²) in [6.07, 6.45) is 3.99. The fourth-order valence-electron chi connectivity index (χ4n) is 4.17. The summed E-state index contributed by atoms with van der Waals surface area (Å²) < 4.78 is 2.22. The van der Waals surface area contributed by atoms with E-state index in [1.165, 1.54) is 5.56 Å². The van der Waals surface area contributed by atoms with Crippen molar-refractivity contribution in [1.29, 1.82) is 0 Å². The van der Waals surface area contributed by atoms with E-state index in [1.54, 1.807) is 0 Å². The molecule has 0 spiro atoms. The highest BCUT2D eigenvalue weighted by Gasteiger charge is 2.46. The Morgan fingerprint density at radius 1 is 1.13 bits per heavy atom. The van der Waals surface area contributed by atoms with Crippen molar-refractivity contribution in [2.45, 2.75) is 51.7 Å². The zero-order valence-electron chi connectivity index (χ0n) is 17.7. The fourth-order valence-corrected chi connectivity index (χ4v) is 4.39. The van der Waals surface area contributed by atoms with Gasteiger partial charge in [0.25, 0.3) is 0 Å². The average molecular weight is 421 g/mol. The third kappa shape index (κ3) is 4.62. The predicted octanol–water partition coefficient (Wildman–Crippen LogP) is 6.12. The molecule has 156 valence electrons. The number of rotatable bonds is 8. The van der Waals surface area contributed by atoms with Crippen LogP contribution in [0.3, 0.4) is 0 Å². The minimum absolute atomic E-state index is 0.109. The van der Waals surface area contributed by atoms with Crippen molar-refractivity contribution in [3.8, 4) is 0 Å². The van der Waals surface area contributed by atoms with Gasteiger partial charge in [-0.1, -0.05) is 61.0 Å². The minimum Gasteiger partial charge on any atom is -0.345 e. The summed E-state index contributed by atoms with van der Waals surface area (Å²) in [5.74, 6) is 0.759. The molecule has 0 radical (unpaired) electrons. The molecule has 1 heterocycles. The van der Waals surface area contributed by atoms with E-state index >= 15 is 0 Å². The average Bonchev–Trinajstić information content (AvgIpc) is 3.45. The molecule has 4 heteroatoms. The standard InChI is InChI=1S/C26H29ClN2O/c1-3-19(2)29(26(30)25-16-24(25)21-10-5-4-6-11-21)18-23-13-8-14-28(23)17-20-9-7-12-22(27)15-20/h4-15,19,24-25H,3,16-18H2,1-2H3/t19-,24-,25+/m0/s1. The molecule has 1 aliphatic carbocycles. The van der Waals surface area contributed by atoms with Crippen LogP contribution in [0.25, 0.3) is 0 Å². The van der Waals surface area contributed by atoms with Crippen LogP contribution >= 0.6 is 11.6 Å². The Balaban J connectivity index is 1.49. The Bertz CT molecular complexity index is 997. The first-order chi connectivity index (χ1) is 14.6. The molecule has 1 aromatic heterocycles. The first-order valence-electron chi connectivity index (χ1n) is 10.8. The van der Waals surface area contributed by atoms with Gasteiger partial charge in [-0.15, -0.1) is 0 Å². The molecule has 1 amide bonds. The third-order valence-corrected chi connectivity index (χ3v) is 6.47. The molecule has 3 aromatic rings.